The van der Waals surface area contributed by atoms with Gasteiger partial charge in [0.05, 0.1) is 0 Å². The molecule has 3 fully saturated rings. The Morgan fingerprint density at radius 3 is 1.95 bits per heavy atom. The Kier molecular flexibility index (Phi) is 8.20. The molecular formula is C16H30AlNO4. The van der Waals surface area contributed by atoms with Gasteiger partial charge in [-0.05, 0) is 6.42 Å². The van der Waals surface area contributed by atoms with Gasteiger partial charge in [-0.3, -0.25) is 4.79 Å². The number of unbranched alkanes of at least 4 members (excludes halogenated alkanes) is 8. The van der Waals surface area contributed by atoms with E-state index in [1.165, 1.54) is 44.9 Å². The molecule has 5 nitrogen and oxygen atoms in total. The second-order valence-corrected chi connectivity index (χ2v) is 8.21. The highest BCUT2D eigenvalue weighted by molar-refractivity contribution is 6.37. The van der Waals surface area contributed by atoms with Crippen molar-refractivity contribution in [1.29, 1.82) is 0 Å². The van der Waals surface area contributed by atoms with Crippen LogP contribution in [0.5, 0.6) is 0 Å². The lowest BCUT2D eigenvalue weighted by Crippen LogP contribution is -2.67. The van der Waals surface area contributed by atoms with Crippen LogP contribution in [0.4, 0.5) is 0 Å². The molecule has 6 heteroatoms. The fourth-order valence-electron chi connectivity index (χ4n) is 3.01. The molecule has 0 aromatic heterocycles. The fourth-order valence-corrected chi connectivity index (χ4v) is 4.67. The van der Waals surface area contributed by atoms with E-state index in [-0.39, 0.29) is 5.91 Å². The molecule has 126 valence electrons. The van der Waals surface area contributed by atoms with Crippen molar-refractivity contribution in [2.45, 2.75) is 76.7 Å². The highest BCUT2D eigenvalue weighted by atomic mass is 27.3. The Balaban J connectivity index is 1.46. The molecule has 0 unspecified atom stereocenters. The first kappa shape index (κ1) is 18.2. The third kappa shape index (κ3) is 6.18. The van der Waals surface area contributed by atoms with Crippen LogP contribution in [0.1, 0.15) is 71.1 Å². The lowest BCUT2D eigenvalue weighted by Gasteiger charge is -2.44. The third-order valence-corrected chi connectivity index (χ3v) is 5.72. The largest absolute Gasteiger partial charge is 0.905 e. The Morgan fingerprint density at radius 1 is 0.909 bits per heavy atom. The van der Waals surface area contributed by atoms with Gasteiger partial charge in [-0.2, -0.15) is 0 Å². The predicted octanol–water partition coefficient (Wildman–Crippen LogP) is 2.82. The molecule has 0 aliphatic carbocycles. The van der Waals surface area contributed by atoms with Crippen LogP contribution in [0.2, 0.25) is 0 Å². The summed E-state index contributed by atoms with van der Waals surface area (Å²) in [5.41, 5.74) is -0.432. The molecule has 0 atom stereocenters. The molecule has 1 amide bonds. The number of fused-ring (bicyclic) bond motifs is 3. The van der Waals surface area contributed by atoms with Gasteiger partial charge in [-0.25, -0.2) is 0 Å². The Bertz CT molecular complexity index is 318. The number of rotatable bonds is 11. The quantitative estimate of drug-likeness (QED) is 0.468. The molecule has 0 aromatic rings. The van der Waals surface area contributed by atoms with E-state index in [0.29, 0.717) is 26.2 Å². The van der Waals surface area contributed by atoms with Gasteiger partial charge in [-0.1, -0.05) is 58.3 Å². The second kappa shape index (κ2) is 9.90. The summed E-state index contributed by atoms with van der Waals surface area (Å²) in [6, 6.07) is 0. The molecule has 3 aliphatic rings. The van der Waals surface area contributed by atoms with Crippen LogP contribution >= 0.6 is 0 Å². The topological polar surface area (TPSA) is 56.8 Å². The van der Waals surface area contributed by atoms with Gasteiger partial charge < -0.3 is 16.7 Å². The van der Waals surface area contributed by atoms with Gasteiger partial charge >= 0.3 is 15.1 Å². The van der Waals surface area contributed by atoms with Crippen LogP contribution in [0.3, 0.4) is 0 Å². The standard InChI is InChI=1S/C16H30NO4.Al/c1-2-3-4-5-6-7-8-9-10-11-15(21)17-16(12-18,13-19)14-20;/h2-14H2,1H3,(H,17,21);/q-3;+3. The van der Waals surface area contributed by atoms with Crippen LogP contribution in [-0.4, -0.2) is 46.4 Å². The highest BCUT2D eigenvalue weighted by Crippen LogP contribution is 2.22. The lowest BCUT2D eigenvalue weighted by atomic mass is 10.0. The van der Waals surface area contributed by atoms with E-state index in [1.807, 2.05) is 0 Å². The average Bonchev–Trinajstić information content (AvgIpc) is 2.54. The molecule has 3 rings (SSSR count). The summed E-state index contributed by atoms with van der Waals surface area (Å²) < 4.78 is 16.4. The SMILES string of the molecule is CCCCCCCCCCCC(=O)NC12C[O][Al]([O]C1)[O]C2. The summed E-state index contributed by atoms with van der Waals surface area (Å²) in [6.45, 7) is 3.89. The van der Waals surface area contributed by atoms with E-state index in [4.69, 9.17) is 11.4 Å². The zero-order valence-electron chi connectivity index (χ0n) is 13.9. The molecule has 22 heavy (non-hydrogen) atoms. The summed E-state index contributed by atoms with van der Waals surface area (Å²) in [5, 5.41) is 3.05. The van der Waals surface area contributed by atoms with E-state index >= 15 is 0 Å². The Morgan fingerprint density at radius 2 is 1.41 bits per heavy atom. The maximum absolute atomic E-state index is 12.0. The van der Waals surface area contributed by atoms with Crippen molar-refractivity contribution < 1.29 is 16.2 Å². The molecule has 1 N–H and O–H groups in total. The summed E-state index contributed by atoms with van der Waals surface area (Å²) in [5.74, 6) is 0.0979. The number of nitrogens with one attached hydrogen (secondary N) is 1. The van der Waals surface area contributed by atoms with Gasteiger partial charge in [0.25, 0.3) is 0 Å². The van der Waals surface area contributed by atoms with E-state index in [1.54, 1.807) is 0 Å². The normalized spacial score (nSPS) is 19.4. The average molecular weight is 327 g/mol. The first-order valence-electron chi connectivity index (χ1n) is 8.90. The van der Waals surface area contributed by atoms with Crippen molar-refractivity contribution >= 4 is 21.1 Å². The minimum atomic E-state index is -1.83. The molecule has 3 heterocycles. The zero-order chi connectivity index (χ0) is 15.7. The molecule has 0 aromatic carbocycles. The zero-order valence-corrected chi connectivity index (χ0v) is 15.1. The van der Waals surface area contributed by atoms with Gasteiger partial charge in [0, 0.05) is 26.2 Å². The van der Waals surface area contributed by atoms with Gasteiger partial charge in [0.2, 0.25) is 5.91 Å². The molecule has 0 saturated carbocycles. The van der Waals surface area contributed by atoms with Crippen molar-refractivity contribution in [2.24, 2.45) is 0 Å². The lowest BCUT2D eigenvalue weighted by molar-refractivity contribution is -0.132. The number of hydrogen-bond donors (Lipinski definition) is 1. The van der Waals surface area contributed by atoms with E-state index in [9.17, 15) is 4.79 Å². The summed E-state index contributed by atoms with van der Waals surface area (Å²) in [6.07, 6.45) is 12.0. The maximum Gasteiger partial charge on any atom is 0.905 e. The molecule has 3 saturated heterocycles. The third-order valence-electron chi connectivity index (χ3n) is 4.40. The minimum absolute atomic E-state index is 0.0979. The molecule has 0 radical (unpaired) electrons. The van der Waals surface area contributed by atoms with Gasteiger partial charge in [0.1, 0.15) is 5.54 Å². The fraction of sp³-hybridized carbons (Fsp3) is 0.938. The van der Waals surface area contributed by atoms with Crippen molar-refractivity contribution in [2.75, 3.05) is 19.8 Å². The maximum atomic E-state index is 12.0. The molecule has 0 spiro atoms. The van der Waals surface area contributed by atoms with Crippen molar-refractivity contribution in [3.63, 3.8) is 0 Å². The first-order chi connectivity index (χ1) is 10.7. The summed E-state index contributed by atoms with van der Waals surface area (Å²) >= 11 is -1.83. The van der Waals surface area contributed by atoms with Crippen LogP contribution in [-0.2, 0) is 16.2 Å². The molecule has 3 aliphatic heterocycles. The van der Waals surface area contributed by atoms with Crippen LogP contribution in [0.25, 0.3) is 0 Å². The van der Waals surface area contributed by atoms with E-state index in [2.05, 4.69) is 12.2 Å². The summed E-state index contributed by atoms with van der Waals surface area (Å²) in [4.78, 5) is 12.0. The van der Waals surface area contributed by atoms with Crippen LogP contribution < -0.4 is 5.32 Å². The number of hydrogen-bond acceptors (Lipinski definition) is 4. The molecule has 2 bridgehead atoms. The molecular weight excluding hydrogens is 297 g/mol. The highest BCUT2D eigenvalue weighted by Gasteiger charge is 2.51. The number of carbonyl (C=O) groups excluding carboxylic acids is 1. The number of carbonyl (C=O) groups is 1. The van der Waals surface area contributed by atoms with Crippen LogP contribution in [0.15, 0.2) is 0 Å². The predicted molar refractivity (Wildman–Crippen MR) is 86.3 cm³/mol. The summed E-state index contributed by atoms with van der Waals surface area (Å²) in [7, 11) is 0. The van der Waals surface area contributed by atoms with Crippen molar-refractivity contribution in [3.05, 3.63) is 0 Å². The second-order valence-electron chi connectivity index (χ2n) is 6.63. The van der Waals surface area contributed by atoms with E-state index < -0.39 is 20.7 Å². The monoisotopic (exact) mass is 327 g/mol. The Hall–Kier alpha value is -0.118. The van der Waals surface area contributed by atoms with Crippen molar-refractivity contribution in [1.82, 2.24) is 5.32 Å². The van der Waals surface area contributed by atoms with Gasteiger partial charge in [-0.15, -0.1) is 0 Å². The van der Waals surface area contributed by atoms with E-state index in [0.717, 1.165) is 12.8 Å². The Labute approximate surface area is 139 Å². The minimum Gasteiger partial charge on any atom is -0.452 e. The van der Waals surface area contributed by atoms with Crippen LogP contribution in [0, 0.1) is 0 Å². The van der Waals surface area contributed by atoms with Gasteiger partial charge in [0.15, 0.2) is 0 Å². The smallest absolute Gasteiger partial charge is 0.452 e. The first-order valence-corrected chi connectivity index (χ1v) is 10.3. The van der Waals surface area contributed by atoms with Crippen molar-refractivity contribution in [3.8, 4) is 0 Å². The number of amides is 1.